The van der Waals surface area contributed by atoms with Crippen molar-refractivity contribution in [2.45, 2.75) is 26.3 Å². The molecule has 5 nitrogen and oxygen atoms in total. The van der Waals surface area contributed by atoms with E-state index in [0.29, 0.717) is 6.42 Å². The molecule has 7 heteroatoms. The van der Waals surface area contributed by atoms with Crippen LogP contribution in [0.25, 0.3) is 0 Å². The van der Waals surface area contributed by atoms with Crippen molar-refractivity contribution in [3.05, 3.63) is 22.4 Å². The normalized spacial score (nSPS) is 13.7. The number of thiophene rings is 1. The van der Waals surface area contributed by atoms with E-state index in [0.717, 1.165) is 4.88 Å². The van der Waals surface area contributed by atoms with Crippen LogP contribution in [0, 0.1) is 5.92 Å². The zero-order valence-corrected chi connectivity index (χ0v) is 11.9. The number of carbonyl (C=O) groups is 1. The number of nitrogens with one attached hydrogen (secondary N) is 1. The first-order chi connectivity index (χ1) is 8.32. The number of aryl methyl sites for hydroxylation is 1. The molecule has 0 saturated carbocycles. The van der Waals surface area contributed by atoms with Gasteiger partial charge in [0.05, 0.1) is 5.75 Å². The monoisotopic (exact) mass is 291 g/mol. The molecule has 1 aromatic rings. The van der Waals surface area contributed by atoms with E-state index in [1.807, 2.05) is 17.5 Å². The Hall–Kier alpha value is -0.920. The fraction of sp³-hybridized carbons (Fsp3) is 0.545. The highest BCUT2D eigenvalue weighted by Crippen LogP contribution is 2.11. The van der Waals surface area contributed by atoms with E-state index in [-0.39, 0.29) is 11.7 Å². The molecule has 0 aliphatic rings. The summed E-state index contributed by atoms with van der Waals surface area (Å²) in [4.78, 5) is 11.9. The molecular formula is C11H17NO4S2. The van der Waals surface area contributed by atoms with Crippen molar-refractivity contribution in [3.8, 4) is 0 Å². The van der Waals surface area contributed by atoms with Gasteiger partial charge >= 0.3 is 5.97 Å². The highest BCUT2D eigenvalue weighted by atomic mass is 32.2. The SMILES string of the molecule is CC(C)C(NS(=O)(=O)CCc1cccs1)C(=O)O. The van der Waals surface area contributed by atoms with Gasteiger partial charge in [0, 0.05) is 4.88 Å². The Morgan fingerprint density at radius 2 is 2.17 bits per heavy atom. The molecule has 1 aromatic heterocycles. The minimum absolute atomic E-state index is 0.0932. The number of carboxylic acids is 1. The molecule has 0 aromatic carbocycles. The van der Waals surface area contributed by atoms with Crippen LogP contribution in [0.2, 0.25) is 0 Å². The van der Waals surface area contributed by atoms with Gasteiger partial charge in [-0.3, -0.25) is 4.79 Å². The second-order valence-electron chi connectivity index (χ2n) is 4.33. The maximum atomic E-state index is 11.8. The van der Waals surface area contributed by atoms with Crippen molar-refractivity contribution >= 4 is 27.3 Å². The first-order valence-electron chi connectivity index (χ1n) is 5.57. The largest absolute Gasteiger partial charge is 0.480 e. The molecule has 0 fully saturated rings. The van der Waals surface area contributed by atoms with Gasteiger partial charge < -0.3 is 5.11 Å². The van der Waals surface area contributed by atoms with Crippen molar-refractivity contribution in [2.24, 2.45) is 5.92 Å². The van der Waals surface area contributed by atoms with Crippen LogP contribution < -0.4 is 4.72 Å². The number of hydrogen-bond donors (Lipinski definition) is 2. The zero-order valence-electron chi connectivity index (χ0n) is 10.3. The number of aliphatic carboxylic acids is 1. The van der Waals surface area contributed by atoms with Crippen molar-refractivity contribution in [3.63, 3.8) is 0 Å². The fourth-order valence-corrected chi connectivity index (χ4v) is 3.62. The molecule has 0 aliphatic heterocycles. The third kappa shape index (κ3) is 4.75. The van der Waals surface area contributed by atoms with Gasteiger partial charge in [0.2, 0.25) is 10.0 Å². The molecule has 0 bridgehead atoms. The van der Waals surface area contributed by atoms with E-state index in [1.165, 1.54) is 11.3 Å². The molecular weight excluding hydrogens is 274 g/mol. The molecule has 0 radical (unpaired) electrons. The van der Waals surface area contributed by atoms with Crippen LogP contribution in [-0.2, 0) is 21.2 Å². The molecule has 1 atom stereocenters. The summed E-state index contributed by atoms with van der Waals surface area (Å²) in [6, 6.07) is 2.64. The third-order valence-electron chi connectivity index (χ3n) is 2.44. The summed E-state index contributed by atoms with van der Waals surface area (Å²) in [5.74, 6) is -1.53. The Balaban J connectivity index is 2.60. The van der Waals surface area contributed by atoms with E-state index in [9.17, 15) is 13.2 Å². The van der Waals surface area contributed by atoms with Crippen LogP contribution in [0.4, 0.5) is 0 Å². The molecule has 1 rings (SSSR count). The van der Waals surface area contributed by atoms with Crippen molar-refractivity contribution in [1.82, 2.24) is 4.72 Å². The molecule has 0 saturated heterocycles. The number of hydrogen-bond acceptors (Lipinski definition) is 4. The minimum Gasteiger partial charge on any atom is -0.480 e. The molecule has 0 spiro atoms. The lowest BCUT2D eigenvalue weighted by atomic mass is 10.1. The van der Waals surface area contributed by atoms with Gasteiger partial charge in [-0.2, -0.15) is 0 Å². The molecule has 0 aliphatic carbocycles. The first-order valence-corrected chi connectivity index (χ1v) is 8.10. The second-order valence-corrected chi connectivity index (χ2v) is 7.23. The Morgan fingerprint density at radius 3 is 2.61 bits per heavy atom. The minimum atomic E-state index is -3.57. The summed E-state index contributed by atoms with van der Waals surface area (Å²) in [7, 11) is -3.57. The summed E-state index contributed by atoms with van der Waals surface area (Å²) in [6.45, 7) is 3.33. The predicted octanol–water partition coefficient (Wildman–Crippen LogP) is 1.32. The van der Waals surface area contributed by atoms with Gasteiger partial charge in [0.15, 0.2) is 0 Å². The Labute approximate surface area is 111 Å². The fourth-order valence-electron chi connectivity index (χ4n) is 1.41. The average molecular weight is 291 g/mol. The standard InChI is InChI=1S/C11H17NO4S2/c1-8(2)10(11(13)14)12-18(15,16)7-5-9-4-3-6-17-9/h3-4,6,8,10,12H,5,7H2,1-2H3,(H,13,14). The van der Waals surface area contributed by atoms with Crippen LogP contribution in [0.3, 0.4) is 0 Å². The molecule has 1 heterocycles. The lowest BCUT2D eigenvalue weighted by molar-refractivity contribution is -0.140. The smallest absolute Gasteiger partial charge is 0.321 e. The maximum absolute atomic E-state index is 11.8. The summed E-state index contributed by atoms with van der Waals surface area (Å²) < 4.78 is 25.8. The van der Waals surface area contributed by atoms with Crippen molar-refractivity contribution < 1.29 is 18.3 Å². The summed E-state index contributed by atoms with van der Waals surface area (Å²) in [5.41, 5.74) is 0. The van der Waals surface area contributed by atoms with Crippen LogP contribution in [-0.4, -0.2) is 31.3 Å². The maximum Gasteiger partial charge on any atom is 0.321 e. The molecule has 0 amide bonds. The number of rotatable bonds is 7. The zero-order chi connectivity index (χ0) is 13.8. The van der Waals surface area contributed by atoms with Gasteiger partial charge in [0.1, 0.15) is 6.04 Å². The quantitative estimate of drug-likeness (QED) is 0.793. The van der Waals surface area contributed by atoms with E-state index in [2.05, 4.69) is 4.72 Å². The summed E-state index contributed by atoms with van der Waals surface area (Å²) in [5, 5.41) is 10.8. The average Bonchev–Trinajstić information content (AvgIpc) is 2.75. The van der Waals surface area contributed by atoms with Gasteiger partial charge in [-0.15, -0.1) is 11.3 Å². The third-order valence-corrected chi connectivity index (χ3v) is 4.73. The van der Waals surface area contributed by atoms with Crippen molar-refractivity contribution in [2.75, 3.05) is 5.75 Å². The Morgan fingerprint density at radius 1 is 1.50 bits per heavy atom. The highest BCUT2D eigenvalue weighted by molar-refractivity contribution is 7.89. The Bertz CT molecular complexity index is 479. The number of sulfonamides is 1. The van der Waals surface area contributed by atoms with Crippen molar-refractivity contribution in [1.29, 1.82) is 0 Å². The van der Waals surface area contributed by atoms with Crippen LogP contribution in [0.5, 0.6) is 0 Å². The molecule has 1 unspecified atom stereocenters. The van der Waals surface area contributed by atoms with E-state index in [4.69, 9.17) is 5.11 Å². The number of carboxylic acid groups (broad SMARTS) is 1. The first kappa shape index (κ1) is 15.1. The van der Waals surface area contributed by atoms with Gasteiger partial charge in [0.25, 0.3) is 0 Å². The van der Waals surface area contributed by atoms with Gasteiger partial charge in [-0.05, 0) is 23.8 Å². The summed E-state index contributed by atoms with van der Waals surface area (Å²) in [6.07, 6.45) is 0.400. The van der Waals surface area contributed by atoms with Crippen LogP contribution in [0.15, 0.2) is 17.5 Å². The molecule has 18 heavy (non-hydrogen) atoms. The second kappa shape index (κ2) is 6.31. The van der Waals surface area contributed by atoms with Crippen LogP contribution in [0.1, 0.15) is 18.7 Å². The summed E-state index contributed by atoms with van der Waals surface area (Å²) >= 11 is 1.49. The molecule has 102 valence electrons. The predicted molar refractivity (Wildman–Crippen MR) is 71.2 cm³/mol. The lowest BCUT2D eigenvalue weighted by Crippen LogP contribution is -2.45. The van der Waals surface area contributed by atoms with E-state index >= 15 is 0 Å². The highest BCUT2D eigenvalue weighted by Gasteiger charge is 2.26. The molecule has 2 N–H and O–H groups in total. The van der Waals surface area contributed by atoms with E-state index in [1.54, 1.807) is 13.8 Å². The Kier molecular flexibility index (Phi) is 5.30. The van der Waals surface area contributed by atoms with Crippen LogP contribution >= 0.6 is 11.3 Å². The lowest BCUT2D eigenvalue weighted by Gasteiger charge is -2.17. The van der Waals surface area contributed by atoms with Gasteiger partial charge in [-0.25, -0.2) is 13.1 Å². The van der Waals surface area contributed by atoms with E-state index < -0.39 is 22.0 Å². The van der Waals surface area contributed by atoms with Gasteiger partial charge in [-0.1, -0.05) is 19.9 Å². The topological polar surface area (TPSA) is 83.5 Å².